The van der Waals surface area contributed by atoms with Gasteiger partial charge >= 0.3 is 5.97 Å². The number of phenols is 1. The molecule has 354 valence electrons. The third kappa shape index (κ3) is 11.1. The number of fused-ring (bicyclic) bond motifs is 1. The van der Waals surface area contributed by atoms with Gasteiger partial charge in [-0.2, -0.15) is 0 Å². The zero-order chi connectivity index (χ0) is 47.8. The highest BCUT2D eigenvalue weighted by Crippen LogP contribution is 2.34. The summed E-state index contributed by atoms with van der Waals surface area (Å²) in [5.41, 5.74) is -0.791. The highest BCUT2D eigenvalue weighted by molar-refractivity contribution is 5.95. The summed E-state index contributed by atoms with van der Waals surface area (Å²) in [5, 5.41) is 41.8. The Bertz CT molecular complexity index is 2800. The first kappa shape index (κ1) is 47.5. The number of ether oxygens (including phenoxy) is 2. The number of hydrogen-bond acceptors (Lipinski definition) is 11. The number of benzene rings is 5. The van der Waals surface area contributed by atoms with E-state index in [9.17, 15) is 34.5 Å². The van der Waals surface area contributed by atoms with Crippen molar-refractivity contribution in [2.75, 3.05) is 32.8 Å². The normalized spacial score (nSPS) is 17.6. The third-order valence-electron chi connectivity index (χ3n) is 12.7. The summed E-state index contributed by atoms with van der Waals surface area (Å²) in [6.45, 7) is 2.14. The molecule has 68 heavy (non-hydrogen) atoms. The minimum absolute atomic E-state index is 0.0715. The number of hydrogen-bond donors (Lipinski definition) is 7. The molecular weight excluding hydrogens is 877 g/mol. The Morgan fingerprint density at radius 1 is 0.824 bits per heavy atom. The fraction of sp³-hybridized carbons (Fsp3) is 0.308. The number of aliphatic hydroxyl groups excluding tert-OH is 1. The van der Waals surface area contributed by atoms with Gasteiger partial charge in [0.25, 0.3) is 11.8 Å². The molecular formula is C52H53F2N5O9. The monoisotopic (exact) mass is 929 g/mol. The highest BCUT2D eigenvalue weighted by Gasteiger charge is 2.42. The van der Waals surface area contributed by atoms with Crippen molar-refractivity contribution in [3.05, 3.63) is 177 Å². The van der Waals surface area contributed by atoms with Crippen molar-refractivity contribution in [3.63, 3.8) is 0 Å². The summed E-state index contributed by atoms with van der Waals surface area (Å²) in [6.07, 6.45) is 1.27. The Balaban J connectivity index is 0.784. The second-order valence-corrected chi connectivity index (χ2v) is 17.4. The molecule has 8 rings (SSSR count). The molecule has 1 saturated heterocycles. The number of piperidine rings is 1. The number of aliphatic hydroxyl groups is 2. The number of rotatable bonds is 18. The SMILES string of the molecule is O=C(COc1cccc(C(O)(C(=O)OCC2CCN(Cc3ccccc3)CC2)c2ccccc2)c1)N[C@H]1C[C@H](NC(=O)c2ccc(CNC[C@H](O)c3ccc(O)c4[nH]c(=O)ccc34)c(F)c2F)C1. The zero-order valence-corrected chi connectivity index (χ0v) is 37.1. The first-order chi connectivity index (χ1) is 32.8. The number of likely N-dealkylation sites (tertiary alicyclic amines) is 1. The van der Waals surface area contributed by atoms with Gasteiger partial charge in [-0.3, -0.25) is 19.3 Å². The number of nitrogens with one attached hydrogen (secondary N) is 4. The molecule has 2 amide bonds. The number of halogens is 2. The van der Waals surface area contributed by atoms with Gasteiger partial charge in [0, 0.05) is 54.3 Å². The predicted molar refractivity (Wildman–Crippen MR) is 248 cm³/mol. The fourth-order valence-electron chi connectivity index (χ4n) is 8.78. The van der Waals surface area contributed by atoms with Crippen LogP contribution in [-0.2, 0) is 33.0 Å². The molecule has 0 radical (unpaired) electrons. The Morgan fingerprint density at radius 2 is 1.53 bits per heavy atom. The number of amides is 2. The largest absolute Gasteiger partial charge is 0.506 e. The third-order valence-corrected chi connectivity index (χ3v) is 12.7. The average Bonchev–Trinajstić information content (AvgIpc) is 3.34. The molecule has 1 aliphatic carbocycles. The second-order valence-electron chi connectivity index (χ2n) is 17.4. The first-order valence-corrected chi connectivity index (χ1v) is 22.6. The summed E-state index contributed by atoms with van der Waals surface area (Å²) >= 11 is 0. The molecule has 1 aliphatic heterocycles. The van der Waals surface area contributed by atoms with E-state index < -0.39 is 58.3 Å². The smallest absolute Gasteiger partial charge is 0.347 e. The Labute approximate surface area is 390 Å². The van der Waals surface area contributed by atoms with E-state index in [1.807, 2.05) is 18.2 Å². The number of carbonyl (C=O) groups is 3. The summed E-state index contributed by atoms with van der Waals surface area (Å²) in [6, 6.07) is 32.4. The van der Waals surface area contributed by atoms with E-state index in [0.717, 1.165) is 32.5 Å². The summed E-state index contributed by atoms with van der Waals surface area (Å²) in [7, 11) is 0. The van der Waals surface area contributed by atoms with E-state index >= 15 is 8.78 Å². The molecule has 2 heterocycles. The van der Waals surface area contributed by atoms with Crippen LogP contribution in [0.5, 0.6) is 11.5 Å². The summed E-state index contributed by atoms with van der Waals surface area (Å²) in [5.74, 6) is -4.40. The van der Waals surface area contributed by atoms with Gasteiger partial charge in [-0.1, -0.05) is 84.9 Å². The van der Waals surface area contributed by atoms with Crippen LogP contribution in [0.1, 0.15) is 70.0 Å². The van der Waals surface area contributed by atoms with Gasteiger partial charge in [0.15, 0.2) is 18.2 Å². The standard InChI is InChI=1S/C52H53F2N5O9/c53-47-34(27-55-28-44(61)40-16-18-43(60)49-41(40)17-19-45(62)58-49)14-15-42(48(47)54)50(64)57-38-25-37(26-38)56-46(63)31-67-39-13-7-12-36(24-39)52(66,35-10-5-2-6-11-35)51(65)68-30-33-20-22-59(23-21-33)29-32-8-3-1-4-9-32/h1-19,24,33,37-38,44,55,60-61,66H,20-23,25-31H2,(H,56,63)(H,57,64)(H,58,62)/t37-,38-,44-,52?/m0/s1. The van der Waals surface area contributed by atoms with E-state index in [1.165, 1.54) is 48.0 Å². The van der Waals surface area contributed by atoms with Crippen LogP contribution in [0, 0.1) is 17.6 Å². The molecule has 6 aromatic rings. The van der Waals surface area contributed by atoms with Crippen molar-refractivity contribution in [2.45, 2.75) is 62.6 Å². The molecule has 5 aromatic carbocycles. The van der Waals surface area contributed by atoms with Crippen molar-refractivity contribution in [3.8, 4) is 11.5 Å². The van der Waals surface area contributed by atoms with Crippen molar-refractivity contribution in [2.24, 2.45) is 5.92 Å². The van der Waals surface area contributed by atoms with Crippen molar-refractivity contribution < 1.29 is 48.0 Å². The fourth-order valence-corrected chi connectivity index (χ4v) is 8.78. The van der Waals surface area contributed by atoms with Gasteiger partial charge in [-0.25, -0.2) is 13.6 Å². The Morgan fingerprint density at radius 3 is 2.28 bits per heavy atom. The van der Waals surface area contributed by atoms with Gasteiger partial charge in [0.2, 0.25) is 11.2 Å². The second kappa shape index (κ2) is 21.3. The number of aromatic amines is 1. The highest BCUT2D eigenvalue weighted by atomic mass is 19.2. The van der Waals surface area contributed by atoms with Crippen LogP contribution in [0.15, 0.2) is 126 Å². The van der Waals surface area contributed by atoms with E-state index in [4.69, 9.17) is 9.47 Å². The molecule has 16 heteroatoms. The average molecular weight is 930 g/mol. The minimum atomic E-state index is -2.15. The molecule has 2 aliphatic rings. The maximum Gasteiger partial charge on any atom is 0.347 e. The maximum absolute atomic E-state index is 15.2. The van der Waals surface area contributed by atoms with Crippen LogP contribution >= 0.6 is 0 Å². The molecule has 1 saturated carbocycles. The lowest BCUT2D eigenvalue weighted by molar-refractivity contribution is -0.164. The quantitative estimate of drug-likeness (QED) is 0.0538. The number of aromatic hydroxyl groups is 1. The summed E-state index contributed by atoms with van der Waals surface area (Å²) < 4.78 is 41.9. The lowest BCUT2D eigenvalue weighted by atomic mass is 9.86. The molecule has 1 aromatic heterocycles. The number of phenolic OH excluding ortho intramolecular Hbond substituents is 1. The van der Waals surface area contributed by atoms with Crippen LogP contribution in [0.3, 0.4) is 0 Å². The predicted octanol–water partition coefficient (Wildman–Crippen LogP) is 5.48. The van der Waals surface area contributed by atoms with E-state index in [0.29, 0.717) is 29.4 Å². The number of esters is 1. The molecule has 2 fully saturated rings. The Kier molecular flexibility index (Phi) is 14.9. The number of H-pyrrole nitrogens is 1. The molecule has 14 nitrogen and oxygen atoms in total. The van der Waals surface area contributed by atoms with Gasteiger partial charge < -0.3 is 45.7 Å². The molecule has 0 bridgehead atoms. The van der Waals surface area contributed by atoms with Crippen LogP contribution < -0.4 is 26.2 Å². The van der Waals surface area contributed by atoms with Crippen molar-refractivity contribution >= 4 is 28.7 Å². The molecule has 2 atom stereocenters. The number of aromatic nitrogens is 1. The van der Waals surface area contributed by atoms with Gasteiger partial charge in [-0.05, 0) is 91.7 Å². The van der Waals surface area contributed by atoms with Crippen LogP contribution in [0.4, 0.5) is 8.78 Å². The van der Waals surface area contributed by atoms with Gasteiger partial charge in [0.1, 0.15) is 11.5 Å². The summed E-state index contributed by atoms with van der Waals surface area (Å²) in [4.78, 5) is 56.4. The van der Waals surface area contributed by atoms with Crippen LogP contribution in [0.25, 0.3) is 10.9 Å². The van der Waals surface area contributed by atoms with Gasteiger partial charge in [-0.15, -0.1) is 0 Å². The van der Waals surface area contributed by atoms with Crippen molar-refractivity contribution in [1.29, 1.82) is 0 Å². The molecule has 0 spiro atoms. The van der Waals surface area contributed by atoms with Crippen LogP contribution in [0.2, 0.25) is 0 Å². The lowest BCUT2D eigenvalue weighted by Crippen LogP contribution is -2.54. The molecule has 7 N–H and O–H groups in total. The maximum atomic E-state index is 15.2. The topological polar surface area (TPSA) is 203 Å². The van der Waals surface area contributed by atoms with E-state index in [-0.39, 0.29) is 66.4 Å². The number of carbonyl (C=O) groups excluding carboxylic acids is 3. The zero-order valence-electron chi connectivity index (χ0n) is 37.1. The minimum Gasteiger partial charge on any atom is -0.506 e. The number of nitrogens with zero attached hydrogens (tertiary/aromatic N) is 1. The first-order valence-electron chi connectivity index (χ1n) is 22.6. The van der Waals surface area contributed by atoms with Crippen molar-refractivity contribution in [1.82, 2.24) is 25.8 Å². The van der Waals surface area contributed by atoms with E-state index in [2.05, 4.69) is 38.0 Å². The van der Waals surface area contributed by atoms with E-state index in [1.54, 1.807) is 48.5 Å². The van der Waals surface area contributed by atoms with Gasteiger partial charge in [0.05, 0.1) is 23.8 Å². The number of pyridine rings is 1. The van der Waals surface area contributed by atoms with Crippen LogP contribution in [-0.4, -0.2) is 87.9 Å². The molecule has 1 unspecified atom stereocenters. The lowest BCUT2D eigenvalue weighted by Gasteiger charge is -2.36. The Hall–Kier alpha value is -6.98.